The molecular formula is C23H33NO5. The molecule has 3 aliphatic carbocycles. The van der Waals surface area contributed by atoms with Gasteiger partial charge in [0.15, 0.2) is 0 Å². The zero-order chi connectivity index (χ0) is 21.4. The zero-order valence-electron chi connectivity index (χ0n) is 17.7. The lowest BCUT2D eigenvalue weighted by atomic mass is 9.47. The number of nitrogens with one attached hydrogen (secondary N) is 1. The highest BCUT2D eigenvalue weighted by atomic mass is 16.4. The molecule has 0 radical (unpaired) electrons. The molecule has 0 aromatic rings. The Kier molecular flexibility index (Phi) is 5.93. The number of fused-ring (bicyclic) bond motifs is 1. The number of carboxylic acids is 1. The summed E-state index contributed by atoms with van der Waals surface area (Å²) in [4.78, 5) is 35.7. The Labute approximate surface area is 172 Å². The highest BCUT2D eigenvalue weighted by molar-refractivity contribution is 6.48. The predicted octanol–water partition coefficient (Wildman–Crippen LogP) is 3.92. The molecule has 0 aromatic carbocycles. The first-order valence-corrected chi connectivity index (χ1v) is 10.8. The van der Waals surface area contributed by atoms with Gasteiger partial charge in [0, 0.05) is 18.2 Å². The van der Waals surface area contributed by atoms with E-state index in [1.165, 1.54) is 25.7 Å². The van der Waals surface area contributed by atoms with E-state index in [-0.39, 0.29) is 40.8 Å². The fourth-order valence-electron chi connectivity index (χ4n) is 6.01. The van der Waals surface area contributed by atoms with E-state index in [0.717, 1.165) is 18.9 Å². The van der Waals surface area contributed by atoms with E-state index in [0.29, 0.717) is 18.3 Å². The second kappa shape index (κ2) is 7.96. The molecule has 0 aromatic heterocycles. The molecule has 4 atom stereocenters. The standard InChI is InChI=1S/C23H33NO5/c1-14-7-10-22(2)9-5-4-6-18(22)23(14,3)13-15-20(28)16(12-17(25)21(15)29)24-11-8-19(26)27/h12,14,18,24,28H,4-11,13H2,1-3H3,(H,26,27). The van der Waals surface area contributed by atoms with Gasteiger partial charge in [0.1, 0.15) is 5.76 Å². The quantitative estimate of drug-likeness (QED) is 0.459. The van der Waals surface area contributed by atoms with Crippen molar-refractivity contribution in [3.63, 3.8) is 0 Å². The molecule has 160 valence electrons. The summed E-state index contributed by atoms with van der Waals surface area (Å²) < 4.78 is 0. The summed E-state index contributed by atoms with van der Waals surface area (Å²) >= 11 is 0. The summed E-state index contributed by atoms with van der Waals surface area (Å²) in [6, 6.07) is 0. The lowest BCUT2D eigenvalue weighted by Gasteiger charge is -2.58. The minimum absolute atomic E-state index is 0.0777. The molecule has 2 saturated carbocycles. The normalized spacial score (nSPS) is 35.2. The zero-order valence-corrected chi connectivity index (χ0v) is 17.7. The number of carboxylic acid groups (broad SMARTS) is 1. The monoisotopic (exact) mass is 403 g/mol. The number of hydrogen-bond acceptors (Lipinski definition) is 5. The summed E-state index contributed by atoms with van der Waals surface area (Å²) in [5.41, 5.74) is 0.412. The number of aliphatic hydroxyl groups excluding tert-OH is 1. The van der Waals surface area contributed by atoms with Gasteiger partial charge in [-0.15, -0.1) is 0 Å². The minimum Gasteiger partial charge on any atom is -0.505 e. The lowest BCUT2D eigenvalue weighted by molar-refractivity contribution is -0.136. The van der Waals surface area contributed by atoms with Crippen LogP contribution in [0, 0.1) is 22.7 Å². The van der Waals surface area contributed by atoms with Crippen LogP contribution in [0.15, 0.2) is 23.1 Å². The molecular weight excluding hydrogens is 370 g/mol. The number of Topliss-reactive ketones (excluding diaryl/α,β-unsaturated/α-hetero) is 1. The van der Waals surface area contributed by atoms with Crippen LogP contribution in [-0.2, 0) is 14.4 Å². The SMILES string of the molecule is CC1CCC2(C)CCCCC2C1(C)CC1=C(O)C(NCCC(=O)O)=CC(=O)C1=O. The van der Waals surface area contributed by atoms with Gasteiger partial charge in [0.2, 0.25) is 11.6 Å². The number of ketones is 2. The Morgan fingerprint density at radius 1 is 1.21 bits per heavy atom. The van der Waals surface area contributed by atoms with Crippen molar-refractivity contribution in [1.82, 2.24) is 5.32 Å². The van der Waals surface area contributed by atoms with Crippen molar-refractivity contribution >= 4 is 17.5 Å². The van der Waals surface area contributed by atoms with Gasteiger partial charge in [-0.1, -0.05) is 33.6 Å². The maximum absolute atomic E-state index is 12.7. The fourth-order valence-corrected chi connectivity index (χ4v) is 6.01. The largest absolute Gasteiger partial charge is 0.505 e. The molecule has 0 bridgehead atoms. The molecule has 0 spiro atoms. The second-order valence-corrected chi connectivity index (χ2v) is 9.72. The summed E-state index contributed by atoms with van der Waals surface area (Å²) in [5, 5.41) is 22.4. The van der Waals surface area contributed by atoms with Crippen LogP contribution in [0.1, 0.15) is 72.1 Å². The first-order valence-electron chi connectivity index (χ1n) is 10.8. The van der Waals surface area contributed by atoms with Gasteiger partial charge in [-0.3, -0.25) is 14.4 Å². The summed E-state index contributed by atoms with van der Waals surface area (Å²) in [6.07, 6.45) is 8.33. The second-order valence-electron chi connectivity index (χ2n) is 9.72. The summed E-state index contributed by atoms with van der Waals surface area (Å²) in [5.74, 6) is -1.63. The van der Waals surface area contributed by atoms with Gasteiger partial charge in [-0.05, 0) is 54.8 Å². The molecule has 0 amide bonds. The van der Waals surface area contributed by atoms with E-state index in [9.17, 15) is 19.5 Å². The van der Waals surface area contributed by atoms with E-state index in [2.05, 4.69) is 26.1 Å². The number of carbonyl (C=O) groups is 3. The molecule has 2 fully saturated rings. The Balaban J connectivity index is 1.90. The Hall–Kier alpha value is -2.11. The van der Waals surface area contributed by atoms with Crippen molar-refractivity contribution in [3.8, 4) is 0 Å². The van der Waals surface area contributed by atoms with Crippen molar-refractivity contribution in [2.24, 2.45) is 22.7 Å². The number of carbonyl (C=O) groups excluding carboxylic acids is 2. The van der Waals surface area contributed by atoms with Crippen molar-refractivity contribution in [3.05, 3.63) is 23.1 Å². The van der Waals surface area contributed by atoms with Crippen LogP contribution in [0.3, 0.4) is 0 Å². The van der Waals surface area contributed by atoms with Crippen LogP contribution in [0.5, 0.6) is 0 Å². The predicted molar refractivity (Wildman–Crippen MR) is 109 cm³/mol. The maximum Gasteiger partial charge on any atom is 0.305 e. The van der Waals surface area contributed by atoms with Gasteiger partial charge in [0.05, 0.1) is 12.1 Å². The molecule has 0 saturated heterocycles. The van der Waals surface area contributed by atoms with Crippen LogP contribution in [0.25, 0.3) is 0 Å². The van der Waals surface area contributed by atoms with Crippen molar-refractivity contribution in [2.75, 3.05) is 6.54 Å². The van der Waals surface area contributed by atoms with Crippen molar-refractivity contribution in [1.29, 1.82) is 0 Å². The number of aliphatic hydroxyl groups is 1. The van der Waals surface area contributed by atoms with E-state index in [1.807, 2.05) is 0 Å². The third-order valence-corrected chi connectivity index (χ3v) is 7.93. The smallest absolute Gasteiger partial charge is 0.305 e. The van der Waals surface area contributed by atoms with Crippen LogP contribution in [0.4, 0.5) is 0 Å². The fraction of sp³-hybridized carbons (Fsp3) is 0.696. The van der Waals surface area contributed by atoms with Gasteiger partial charge in [-0.2, -0.15) is 0 Å². The summed E-state index contributed by atoms with van der Waals surface area (Å²) in [7, 11) is 0. The highest BCUT2D eigenvalue weighted by Crippen LogP contribution is 2.61. The third kappa shape index (κ3) is 3.99. The molecule has 3 aliphatic rings. The van der Waals surface area contributed by atoms with Gasteiger partial charge >= 0.3 is 5.97 Å². The average Bonchev–Trinajstić information content (AvgIpc) is 2.66. The highest BCUT2D eigenvalue weighted by Gasteiger charge is 2.53. The average molecular weight is 404 g/mol. The molecule has 0 aliphatic heterocycles. The Bertz CT molecular complexity index is 782. The van der Waals surface area contributed by atoms with Gasteiger partial charge in [-0.25, -0.2) is 0 Å². The topological polar surface area (TPSA) is 104 Å². The van der Waals surface area contributed by atoms with Gasteiger partial charge < -0.3 is 15.5 Å². The molecule has 4 unspecified atom stereocenters. The van der Waals surface area contributed by atoms with E-state index in [1.54, 1.807) is 0 Å². The number of rotatable bonds is 6. The van der Waals surface area contributed by atoms with E-state index in [4.69, 9.17) is 5.11 Å². The molecule has 6 heteroatoms. The molecule has 3 rings (SSSR count). The lowest BCUT2D eigenvalue weighted by Crippen LogP contribution is -2.50. The van der Waals surface area contributed by atoms with Crippen LogP contribution >= 0.6 is 0 Å². The maximum atomic E-state index is 12.7. The molecule has 29 heavy (non-hydrogen) atoms. The summed E-state index contributed by atoms with van der Waals surface area (Å²) in [6.45, 7) is 6.89. The van der Waals surface area contributed by atoms with Crippen LogP contribution in [-0.4, -0.2) is 34.3 Å². The number of allylic oxidation sites excluding steroid dienone is 2. The van der Waals surface area contributed by atoms with E-state index >= 15 is 0 Å². The van der Waals surface area contributed by atoms with E-state index < -0.39 is 17.5 Å². The van der Waals surface area contributed by atoms with Crippen LogP contribution in [0.2, 0.25) is 0 Å². The molecule has 6 nitrogen and oxygen atoms in total. The van der Waals surface area contributed by atoms with Crippen LogP contribution < -0.4 is 5.32 Å². The number of hydrogen-bond donors (Lipinski definition) is 3. The van der Waals surface area contributed by atoms with Crippen molar-refractivity contribution < 1.29 is 24.6 Å². The molecule has 0 heterocycles. The minimum atomic E-state index is -0.972. The third-order valence-electron chi connectivity index (χ3n) is 7.93. The Morgan fingerprint density at radius 2 is 1.93 bits per heavy atom. The van der Waals surface area contributed by atoms with Gasteiger partial charge in [0.25, 0.3) is 0 Å². The first-order chi connectivity index (χ1) is 13.6. The number of aliphatic carboxylic acids is 1. The first kappa shape index (κ1) is 21.6. The molecule has 3 N–H and O–H groups in total. The Morgan fingerprint density at radius 3 is 2.62 bits per heavy atom. The van der Waals surface area contributed by atoms with Crippen molar-refractivity contribution in [2.45, 2.75) is 72.1 Å².